The summed E-state index contributed by atoms with van der Waals surface area (Å²) in [6, 6.07) is 5.03. The van der Waals surface area contributed by atoms with Gasteiger partial charge in [0.25, 0.3) is 0 Å². The number of rotatable bonds is 10. The smallest absolute Gasteiger partial charge is 0.243 e. The average Bonchev–Trinajstić information content (AvgIpc) is 3.08. The van der Waals surface area contributed by atoms with E-state index in [1.807, 2.05) is 25.5 Å². The molecule has 31 heavy (non-hydrogen) atoms. The summed E-state index contributed by atoms with van der Waals surface area (Å²) in [5.74, 6) is 0.751. The fraction of sp³-hybridized carbons (Fsp3) is 0.619. The largest absolute Gasteiger partial charge is 0.379 e. The molecule has 0 spiro atoms. The first-order chi connectivity index (χ1) is 14.9. The van der Waals surface area contributed by atoms with E-state index in [-0.39, 0.29) is 10.8 Å². The van der Waals surface area contributed by atoms with E-state index < -0.39 is 10.0 Å². The van der Waals surface area contributed by atoms with E-state index >= 15 is 0 Å². The molecule has 0 bridgehead atoms. The molecule has 1 aliphatic heterocycles. The third kappa shape index (κ3) is 5.62. The predicted molar refractivity (Wildman–Crippen MR) is 119 cm³/mol. The van der Waals surface area contributed by atoms with E-state index in [0.717, 1.165) is 44.2 Å². The van der Waals surface area contributed by atoms with Crippen LogP contribution in [0, 0.1) is 0 Å². The minimum absolute atomic E-state index is 0.00915. The Balaban J connectivity index is 1.61. The van der Waals surface area contributed by atoms with Crippen molar-refractivity contribution >= 4 is 27.0 Å². The lowest BCUT2D eigenvalue weighted by Crippen LogP contribution is -2.41. The molecule has 1 N–H and O–H groups in total. The molecule has 9 nitrogen and oxygen atoms in total. The van der Waals surface area contributed by atoms with Crippen molar-refractivity contribution in [1.29, 1.82) is 0 Å². The molecule has 2 aromatic rings. The number of imidazole rings is 1. The molecule has 3 rings (SSSR count). The number of carbonyl (C=O) groups is 1. The zero-order chi connectivity index (χ0) is 22.4. The van der Waals surface area contributed by atoms with Gasteiger partial charge in [-0.1, -0.05) is 13.8 Å². The molecular formula is C21H33N5O4S. The molecule has 1 aliphatic rings. The van der Waals surface area contributed by atoms with E-state index in [1.165, 1.54) is 4.31 Å². The number of ether oxygens (including phenoxy) is 1. The van der Waals surface area contributed by atoms with Crippen molar-refractivity contribution in [2.24, 2.45) is 7.05 Å². The number of nitrogens with zero attached hydrogens (tertiary/aromatic N) is 4. The van der Waals surface area contributed by atoms with Crippen LogP contribution in [-0.2, 0) is 33.0 Å². The summed E-state index contributed by atoms with van der Waals surface area (Å²) in [4.78, 5) is 19.4. The summed E-state index contributed by atoms with van der Waals surface area (Å²) < 4.78 is 34.3. The molecule has 10 heteroatoms. The maximum atomic E-state index is 12.8. The van der Waals surface area contributed by atoms with Gasteiger partial charge in [0.05, 0.1) is 29.1 Å². The SMILES string of the molecule is CCN(CC)S(=O)(=O)c1ccc2c(c1)nc(CCC(=O)NCCN1CCOCC1)n2C. The van der Waals surface area contributed by atoms with Crippen molar-refractivity contribution in [3.8, 4) is 0 Å². The number of nitrogens with one attached hydrogen (secondary N) is 1. The van der Waals surface area contributed by atoms with Crippen LogP contribution >= 0.6 is 0 Å². The minimum Gasteiger partial charge on any atom is -0.379 e. The van der Waals surface area contributed by atoms with E-state index in [2.05, 4.69) is 15.2 Å². The normalized spacial score (nSPS) is 15.6. The summed E-state index contributed by atoms with van der Waals surface area (Å²) >= 11 is 0. The Labute approximate surface area is 184 Å². The molecule has 2 heterocycles. The molecule has 0 unspecified atom stereocenters. The standard InChI is InChI=1S/C21H33N5O4S/c1-4-26(5-2)31(28,29)17-6-7-19-18(16-17)23-20(24(19)3)8-9-21(27)22-10-11-25-12-14-30-15-13-25/h6-7,16H,4-5,8-15H2,1-3H3,(H,22,27). The number of sulfonamides is 1. The Hall–Kier alpha value is -2.01. The molecule has 1 aromatic carbocycles. The van der Waals surface area contributed by atoms with Crippen LogP contribution in [0.5, 0.6) is 0 Å². The number of amides is 1. The van der Waals surface area contributed by atoms with Gasteiger partial charge in [0.2, 0.25) is 15.9 Å². The van der Waals surface area contributed by atoms with Crippen LogP contribution in [0.3, 0.4) is 0 Å². The number of benzene rings is 1. The highest BCUT2D eigenvalue weighted by Crippen LogP contribution is 2.22. The van der Waals surface area contributed by atoms with Gasteiger partial charge in [-0.15, -0.1) is 0 Å². The van der Waals surface area contributed by atoms with E-state index in [4.69, 9.17) is 4.74 Å². The molecule has 1 aromatic heterocycles. The number of hydrogen-bond acceptors (Lipinski definition) is 6. The highest BCUT2D eigenvalue weighted by atomic mass is 32.2. The van der Waals surface area contributed by atoms with Crippen LogP contribution < -0.4 is 5.32 Å². The first-order valence-electron chi connectivity index (χ1n) is 10.9. The van der Waals surface area contributed by atoms with Crippen molar-refractivity contribution in [2.45, 2.75) is 31.6 Å². The van der Waals surface area contributed by atoms with Gasteiger partial charge >= 0.3 is 0 Å². The van der Waals surface area contributed by atoms with Crippen LogP contribution in [0.15, 0.2) is 23.1 Å². The van der Waals surface area contributed by atoms with Crippen molar-refractivity contribution in [3.05, 3.63) is 24.0 Å². The number of aromatic nitrogens is 2. The van der Waals surface area contributed by atoms with Crippen LogP contribution in [0.25, 0.3) is 11.0 Å². The van der Waals surface area contributed by atoms with Gasteiger partial charge in [0, 0.05) is 59.2 Å². The second-order valence-corrected chi connectivity index (χ2v) is 9.57. The average molecular weight is 452 g/mol. The van der Waals surface area contributed by atoms with Gasteiger partial charge in [0.1, 0.15) is 5.82 Å². The van der Waals surface area contributed by atoms with E-state index in [0.29, 0.717) is 38.0 Å². The zero-order valence-electron chi connectivity index (χ0n) is 18.6. The molecular weight excluding hydrogens is 418 g/mol. The zero-order valence-corrected chi connectivity index (χ0v) is 19.4. The van der Waals surface area contributed by atoms with Gasteiger partial charge in [-0.25, -0.2) is 13.4 Å². The number of fused-ring (bicyclic) bond motifs is 1. The summed E-state index contributed by atoms with van der Waals surface area (Å²) in [5, 5.41) is 2.96. The van der Waals surface area contributed by atoms with Gasteiger partial charge < -0.3 is 14.6 Å². The Morgan fingerprint density at radius 3 is 2.61 bits per heavy atom. The Bertz CT molecular complexity index is 995. The Morgan fingerprint density at radius 1 is 1.23 bits per heavy atom. The maximum Gasteiger partial charge on any atom is 0.243 e. The lowest BCUT2D eigenvalue weighted by molar-refractivity contribution is -0.121. The summed E-state index contributed by atoms with van der Waals surface area (Å²) in [6.07, 6.45) is 0.831. The molecule has 0 radical (unpaired) electrons. The highest BCUT2D eigenvalue weighted by Gasteiger charge is 2.22. The van der Waals surface area contributed by atoms with Crippen LogP contribution in [0.1, 0.15) is 26.1 Å². The summed E-state index contributed by atoms with van der Waals surface area (Å²) in [5.41, 5.74) is 1.47. The van der Waals surface area contributed by atoms with Gasteiger partial charge in [-0.2, -0.15) is 4.31 Å². The molecule has 1 amide bonds. The first kappa shape index (κ1) is 23.6. The number of carbonyl (C=O) groups excluding carboxylic acids is 1. The van der Waals surface area contributed by atoms with E-state index in [9.17, 15) is 13.2 Å². The van der Waals surface area contributed by atoms with Crippen molar-refractivity contribution in [2.75, 3.05) is 52.5 Å². The molecule has 1 saturated heterocycles. The monoisotopic (exact) mass is 451 g/mol. The number of morpholine rings is 1. The second-order valence-electron chi connectivity index (χ2n) is 7.63. The third-order valence-electron chi connectivity index (χ3n) is 5.72. The second kappa shape index (κ2) is 10.5. The van der Waals surface area contributed by atoms with Gasteiger partial charge in [-0.05, 0) is 18.2 Å². The third-order valence-corrected chi connectivity index (χ3v) is 7.76. The van der Waals surface area contributed by atoms with Crippen molar-refractivity contribution < 1.29 is 17.9 Å². The lowest BCUT2D eigenvalue weighted by atomic mass is 10.3. The molecule has 1 fully saturated rings. The molecule has 172 valence electrons. The maximum absolute atomic E-state index is 12.8. The van der Waals surface area contributed by atoms with E-state index in [1.54, 1.807) is 18.2 Å². The lowest BCUT2D eigenvalue weighted by Gasteiger charge is -2.26. The van der Waals surface area contributed by atoms with Gasteiger partial charge in [-0.3, -0.25) is 9.69 Å². The van der Waals surface area contributed by atoms with Crippen LogP contribution in [0.4, 0.5) is 0 Å². The molecule has 0 aliphatic carbocycles. The molecule has 0 saturated carbocycles. The summed E-state index contributed by atoms with van der Waals surface area (Å²) in [7, 11) is -1.65. The van der Waals surface area contributed by atoms with Crippen LogP contribution in [0.2, 0.25) is 0 Å². The first-order valence-corrected chi connectivity index (χ1v) is 12.3. The number of hydrogen-bond donors (Lipinski definition) is 1. The van der Waals surface area contributed by atoms with Crippen molar-refractivity contribution in [1.82, 2.24) is 24.1 Å². The summed E-state index contributed by atoms with van der Waals surface area (Å²) in [6.45, 7) is 9.24. The minimum atomic E-state index is -3.53. The Kier molecular flexibility index (Phi) is 8.04. The topological polar surface area (TPSA) is 96.8 Å². The quantitative estimate of drug-likeness (QED) is 0.579. The molecule has 0 atom stereocenters. The van der Waals surface area contributed by atoms with Gasteiger partial charge in [0.15, 0.2) is 0 Å². The highest BCUT2D eigenvalue weighted by molar-refractivity contribution is 7.89. The van der Waals surface area contributed by atoms with Crippen LogP contribution in [-0.4, -0.2) is 85.6 Å². The number of aryl methyl sites for hydroxylation is 2. The van der Waals surface area contributed by atoms with Crippen molar-refractivity contribution in [3.63, 3.8) is 0 Å². The Morgan fingerprint density at radius 2 is 1.94 bits per heavy atom. The predicted octanol–water partition coefficient (Wildman–Crippen LogP) is 0.985. The fourth-order valence-electron chi connectivity index (χ4n) is 3.82. The fourth-order valence-corrected chi connectivity index (χ4v) is 5.30.